The van der Waals surface area contributed by atoms with Crippen molar-refractivity contribution >= 4 is 5.91 Å². The predicted octanol–water partition coefficient (Wildman–Crippen LogP) is 1.70. The number of carbonyl (C=O) groups is 1. The Bertz CT molecular complexity index is 405. The van der Waals surface area contributed by atoms with Crippen molar-refractivity contribution in [1.82, 2.24) is 10.6 Å². The lowest BCUT2D eigenvalue weighted by Gasteiger charge is -2.14. The van der Waals surface area contributed by atoms with Crippen LogP contribution in [0.1, 0.15) is 31.4 Å². The second kappa shape index (κ2) is 7.01. The van der Waals surface area contributed by atoms with Crippen LogP contribution in [0.4, 0.5) is 0 Å². The number of nitrogens with one attached hydrogen (secondary N) is 2. The van der Waals surface area contributed by atoms with Crippen LogP contribution in [0.3, 0.4) is 0 Å². The van der Waals surface area contributed by atoms with Crippen molar-refractivity contribution in [2.75, 3.05) is 6.54 Å². The van der Waals surface area contributed by atoms with Crippen molar-refractivity contribution in [2.45, 2.75) is 39.8 Å². The number of rotatable bonds is 6. The first-order valence-electron chi connectivity index (χ1n) is 6.34. The van der Waals surface area contributed by atoms with Crippen molar-refractivity contribution in [3.63, 3.8) is 0 Å². The van der Waals surface area contributed by atoms with Gasteiger partial charge in [0.1, 0.15) is 5.75 Å². The Labute approximate surface area is 108 Å². The molecule has 0 fully saturated rings. The Kier molecular flexibility index (Phi) is 5.65. The van der Waals surface area contributed by atoms with E-state index in [0.717, 1.165) is 17.5 Å². The summed E-state index contributed by atoms with van der Waals surface area (Å²) in [7, 11) is 0. The Hall–Kier alpha value is -1.55. The summed E-state index contributed by atoms with van der Waals surface area (Å²) in [6, 6.07) is 5.34. The normalized spacial score (nSPS) is 12.2. The lowest BCUT2D eigenvalue weighted by molar-refractivity contribution is -0.122. The number of phenolic OH excluding ortho intramolecular Hbond substituents is 1. The largest absolute Gasteiger partial charge is 0.507 e. The van der Waals surface area contributed by atoms with E-state index in [1.54, 1.807) is 0 Å². The monoisotopic (exact) mass is 250 g/mol. The van der Waals surface area contributed by atoms with Gasteiger partial charge in [-0.25, -0.2) is 0 Å². The van der Waals surface area contributed by atoms with Gasteiger partial charge in [-0.3, -0.25) is 4.79 Å². The minimum absolute atomic E-state index is 0.0102. The maximum absolute atomic E-state index is 11.6. The molecule has 1 rings (SSSR count). The molecular weight excluding hydrogens is 228 g/mol. The van der Waals surface area contributed by atoms with E-state index >= 15 is 0 Å². The molecule has 0 heterocycles. The van der Waals surface area contributed by atoms with E-state index in [1.807, 2.05) is 39.0 Å². The maximum atomic E-state index is 11.6. The van der Waals surface area contributed by atoms with Gasteiger partial charge in [-0.15, -0.1) is 0 Å². The molecule has 0 aliphatic heterocycles. The quantitative estimate of drug-likeness (QED) is 0.720. The zero-order valence-electron chi connectivity index (χ0n) is 11.3. The third kappa shape index (κ3) is 4.04. The van der Waals surface area contributed by atoms with Gasteiger partial charge >= 0.3 is 0 Å². The van der Waals surface area contributed by atoms with Crippen LogP contribution in [0.25, 0.3) is 0 Å². The summed E-state index contributed by atoms with van der Waals surface area (Å²) in [5.74, 6) is 0.287. The van der Waals surface area contributed by atoms with Crippen molar-refractivity contribution in [3.8, 4) is 5.75 Å². The van der Waals surface area contributed by atoms with Crippen LogP contribution in [0, 0.1) is 6.92 Å². The zero-order valence-corrected chi connectivity index (χ0v) is 11.3. The minimum atomic E-state index is -0.267. The van der Waals surface area contributed by atoms with Gasteiger partial charge in [0.15, 0.2) is 0 Å². The van der Waals surface area contributed by atoms with Crippen molar-refractivity contribution in [3.05, 3.63) is 29.3 Å². The number of aromatic hydroxyl groups is 1. The number of hydrogen-bond acceptors (Lipinski definition) is 3. The van der Waals surface area contributed by atoms with E-state index in [0.29, 0.717) is 18.8 Å². The van der Waals surface area contributed by atoms with Crippen molar-refractivity contribution < 1.29 is 9.90 Å². The maximum Gasteiger partial charge on any atom is 0.236 e. The Morgan fingerprint density at radius 2 is 2.17 bits per heavy atom. The SMILES string of the molecule is CCCNC(=O)C(C)NCc1cccc(C)c1O. The van der Waals surface area contributed by atoms with E-state index in [2.05, 4.69) is 10.6 Å². The highest BCUT2D eigenvalue weighted by molar-refractivity contribution is 5.81. The van der Waals surface area contributed by atoms with Crippen LogP contribution < -0.4 is 10.6 Å². The fourth-order valence-electron chi connectivity index (χ4n) is 1.62. The predicted molar refractivity (Wildman–Crippen MR) is 72.4 cm³/mol. The van der Waals surface area contributed by atoms with Crippen molar-refractivity contribution in [2.24, 2.45) is 0 Å². The summed E-state index contributed by atoms with van der Waals surface area (Å²) in [6.45, 7) is 6.87. The van der Waals surface area contributed by atoms with E-state index in [4.69, 9.17) is 0 Å². The third-order valence-electron chi connectivity index (χ3n) is 2.86. The summed E-state index contributed by atoms with van der Waals surface area (Å²) in [5.41, 5.74) is 1.66. The first-order chi connectivity index (χ1) is 8.56. The fourth-order valence-corrected chi connectivity index (χ4v) is 1.62. The summed E-state index contributed by atoms with van der Waals surface area (Å²) in [5, 5.41) is 15.8. The highest BCUT2D eigenvalue weighted by Crippen LogP contribution is 2.20. The van der Waals surface area contributed by atoms with Gasteiger partial charge in [0.2, 0.25) is 5.91 Å². The molecule has 4 heteroatoms. The second-order valence-electron chi connectivity index (χ2n) is 4.48. The number of aryl methyl sites for hydroxylation is 1. The summed E-state index contributed by atoms with van der Waals surface area (Å²) < 4.78 is 0. The molecule has 4 nitrogen and oxygen atoms in total. The molecule has 0 spiro atoms. The molecule has 1 amide bonds. The highest BCUT2D eigenvalue weighted by Gasteiger charge is 2.12. The van der Waals surface area contributed by atoms with Gasteiger partial charge in [0.25, 0.3) is 0 Å². The van der Waals surface area contributed by atoms with Gasteiger partial charge in [-0.1, -0.05) is 25.1 Å². The van der Waals surface area contributed by atoms with Crippen LogP contribution in [-0.4, -0.2) is 23.6 Å². The Balaban J connectivity index is 2.49. The molecule has 0 aliphatic rings. The van der Waals surface area contributed by atoms with E-state index in [1.165, 1.54) is 0 Å². The summed E-state index contributed by atoms with van der Waals surface area (Å²) in [4.78, 5) is 11.6. The van der Waals surface area contributed by atoms with Gasteiger partial charge in [0.05, 0.1) is 6.04 Å². The number of para-hydroxylation sites is 1. The van der Waals surface area contributed by atoms with Gasteiger partial charge in [0, 0.05) is 18.7 Å². The molecule has 0 aromatic heterocycles. The molecule has 0 saturated carbocycles. The molecule has 0 saturated heterocycles. The van der Waals surface area contributed by atoms with E-state index < -0.39 is 0 Å². The minimum Gasteiger partial charge on any atom is -0.507 e. The van der Waals surface area contributed by atoms with Crippen LogP contribution in [0.2, 0.25) is 0 Å². The number of amides is 1. The number of hydrogen-bond donors (Lipinski definition) is 3. The lowest BCUT2D eigenvalue weighted by atomic mass is 10.1. The van der Waals surface area contributed by atoms with E-state index in [-0.39, 0.29) is 11.9 Å². The average molecular weight is 250 g/mol. The van der Waals surface area contributed by atoms with Crippen LogP contribution in [-0.2, 0) is 11.3 Å². The Morgan fingerprint density at radius 1 is 1.44 bits per heavy atom. The number of carbonyl (C=O) groups excluding carboxylic acids is 1. The molecule has 1 atom stereocenters. The number of benzene rings is 1. The molecule has 1 aromatic carbocycles. The standard InChI is InChI=1S/C14H22N2O2/c1-4-8-15-14(18)11(3)16-9-12-7-5-6-10(2)13(12)17/h5-7,11,16-17H,4,8-9H2,1-3H3,(H,15,18). The molecule has 0 aliphatic carbocycles. The highest BCUT2D eigenvalue weighted by atomic mass is 16.3. The molecule has 0 radical (unpaired) electrons. The summed E-state index contributed by atoms with van der Waals surface area (Å²) in [6.07, 6.45) is 0.928. The van der Waals surface area contributed by atoms with Crippen LogP contribution in [0.5, 0.6) is 5.75 Å². The molecule has 0 bridgehead atoms. The average Bonchev–Trinajstić information content (AvgIpc) is 2.37. The molecule has 1 aromatic rings. The first-order valence-corrected chi connectivity index (χ1v) is 6.34. The Morgan fingerprint density at radius 3 is 2.83 bits per heavy atom. The fraction of sp³-hybridized carbons (Fsp3) is 0.500. The van der Waals surface area contributed by atoms with Gasteiger partial charge < -0.3 is 15.7 Å². The third-order valence-corrected chi connectivity index (χ3v) is 2.86. The summed E-state index contributed by atoms with van der Waals surface area (Å²) >= 11 is 0. The van der Waals surface area contributed by atoms with Crippen molar-refractivity contribution in [1.29, 1.82) is 0 Å². The second-order valence-corrected chi connectivity index (χ2v) is 4.48. The molecular formula is C14H22N2O2. The zero-order chi connectivity index (χ0) is 13.5. The van der Waals surface area contributed by atoms with Crippen LogP contribution >= 0.6 is 0 Å². The van der Waals surface area contributed by atoms with Gasteiger partial charge in [-0.05, 0) is 25.8 Å². The van der Waals surface area contributed by atoms with Gasteiger partial charge in [-0.2, -0.15) is 0 Å². The number of phenols is 1. The molecule has 1 unspecified atom stereocenters. The topological polar surface area (TPSA) is 61.4 Å². The van der Waals surface area contributed by atoms with Crippen LogP contribution in [0.15, 0.2) is 18.2 Å². The van der Waals surface area contributed by atoms with E-state index in [9.17, 15) is 9.90 Å². The first kappa shape index (κ1) is 14.5. The molecule has 3 N–H and O–H groups in total. The molecule has 100 valence electrons. The molecule has 18 heavy (non-hydrogen) atoms. The lowest BCUT2D eigenvalue weighted by Crippen LogP contribution is -2.42. The smallest absolute Gasteiger partial charge is 0.236 e.